The fourth-order valence-electron chi connectivity index (χ4n) is 2.48. The molecule has 2 N–H and O–H groups in total. The zero-order valence-corrected chi connectivity index (χ0v) is 16.7. The summed E-state index contributed by atoms with van der Waals surface area (Å²) in [4.78, 5) is 23.6. The Balaban J connectivity index is 2.09. The summed E-state index contributed by atoms with van der Waals surface area (Å²) in [5, 5.41) is 5.41. The Labute approximate surface area is 170 Å². The van der Waals surface area contributed by atoms with Crippen LogP contribution in [0.3, 0.4) is 0 Å². The minimum Gasteiger partial charge on any atom is -0.495 e. The molecule has 2 amide bonds. The van der Waals surface area contributed by atoms with Crippen molar-refractivity contribution in [2.45, 2.75) is 6.92 Å². The van der Waals surface area contributed by atoms with Crippen molar-refractivity contribution >= 4 is 29.3 Å². The third kappa shape index (κ3) is 6.42. The summed E-state index contributed by atoms with van der Waals surface area (Å²) in [7, 11) is 3.05. The molecule has 0 aliphatic carbocycles. The molecule has 29 heavy (non-hydrogen) atoms. The lowest BCUT2D eigenvalue weighted by molar-refractivity contribution is -0.114. The Morgan fingerprint density at radius 3 is 2.38 bits per heavy atom. The van der Waals surface area contributed by atoms with Gasteiger partial charge in [0.25, 0.3) is 0 Å². The first-order chi connectivity index (χ1) is 14.0. The molecule has 0 saturated carbocycles. The fourth-order valence-corrected chi connectivity index (χ4v) is 2.48. The van der Waals surface area contributed by atoms with Crippen LogP contribution in [0.15, 0.2) is 55.1 Å². The van der Waals surface area contributed by atoms with Crippen molar-refractivity contribution in [2.24, 2.45) is 0 Å². The highest BCUT2D eigenvalue weighted by atomic mass is 16.5. The van der Waals surface area contributed by atoms with E-state index in [-0.39, 0.29) is 11.8 Å². The molecule has 0 fully saturated rings. The van der Waals surface area contributed by atoms with Crippen LogP contribution in [0, 0.1) is 0 Å². The van der Waals surface area contributed by atoms with Crippen LogP contribution in [0.25, 0.3) is 6.08 Å². The molecule has 0 aliphatic rings. The molecule has 0 spiro atoms. The van der Waals surface area contributed by atoms with Gasteiger partial charge in [-0.25, -0.2) is 0 Å². The predicted molar refractivity (Wildman–Crippen MR) is 114 cm³/mol. The van der Waals surface area contributed by atoms with Crippen LogP contribution >= 0.6 is 0 Å². The second-order valence-electron chi connectivity index (χ2n) is 5.93. The molecule has 0 saturated heterocycles. The molecule has 2 aromatic rings. The van der Waals surface area contributed by atoms with Gasteiger partial charge in [-0.3, -0.25) is 9.59 Å². The van der Waals surface area contributed by atoms with E-state index >= 15 is 0 Å². The van der Waals surface area contributed by atoms with Crippen LogP contribution < -0.4 is 24.8 Å². The first kappa shape index (κ1) is 21.6. The number of hydrogen-bond acceptors (Lipinski definition) is 5. The van der Waals surface area contributed by atoms with E-state index in [4.69, 9.17) is 14.2 Å². The minimum absolute atomic E-state index is 0.235. The first-order valence-corrected chi connectivity index (χ1v) is 8.83. The van der Waals surface area contributed by atoms with Gasteiger partial charge in [0.1, 0.15) is 12.4 Å². The second kappa shape index (κ2) is 10.6. The SMILES string of the molecule is C=CCOc1ccc(/C=C/C(=O)Nc2ccc(OC)c(NC(C)=O)c2)cc1OC. The summed E-state index contributed by atoms with van der Waals surface area (Å²) >= 11 is 0. The van der Waals surface area contributed by atoms with Crippen molar-refractivity contribution in [3.63, 3.8) is 0 Å². The number of amides is 2. The largest absolute Gasteiger partial charge is 0.495 e. The molecule has 152 valence electrons. The van der Waals surface area contributed by atoms with E-state index in [0.717, 1.165) is 5.56 Å². The number of ether oxygens (including phenoxy) is 3. The lowest BCUT2D eigenvalue weighted by Gasteiger charge is -2.11. The van der Waals surface area contributed by atoms with Crippen LogP contribution in [0.2, 0.25) is 0 Å². The van der Waals surface area contributed by atoms with E-state index in [2.05, 4.69) is 17.2 Å². The molecule has 0 radical (unpaired) electrons. The normalized spacial score (nSPS) is 10.3. The van der Waals surface area contributed by atoms with E-state index < -0.39 is 0 Å². The second-order valence-corrected chi connectivity index (χ2v) is 5.93. The molecule has 0 atom stereocenters. The van der Waals surface area contributed by atoms with Gasteiger partial charge in [0, 0.05) is 18.7 Å². The highest BCUT2D eigenvalue weighted by Gasteiger charge is 2.08. The van der Waals surface area contributed by atoms with Gasteiger partial charge in [-0.2, -0.15) is 0 Å². The molecule has 7 heteroatoms. The fraction of sp³-hybridized carbons (Fsp3) is 0.182. The van der Waals surface area contributed by atoms with Gasteiger partial charge < -0.3 is 24.8 Å². The van der Waals surface area contributed by atoms with Crippen molar-refractivity contribution in [1.82, 2.24) is 0 Å². The Bertz CT molecular complexity index is 921. The molecule has 2 rings (SSSR count). The Kier molecular flexibility index (Phi) is 7.85. The van der Waals surface area contributed by atoms with Crippen LogP contribution in [0.4, 0.5) is 11.4 Å². The van der Waals surface area contributed by atoms with E-state index in [1.165, 1.54) is 20.1 Å². The number of methoxy groups -OCH3 is 2. The van der Waals surface area contributed by atoms with Crippen molar-refractivity contribution in [3.8, 4) is 17.2 Å². The zero-order chi connectivity index (χ0) is 21.2. The first-order valence-electron chi connectivity index (χ1n) is 8.83. The number of carbonyl (C=O) groups is 2. The van der Waals surface area contributed by atoms with E-state index in [0.29, 0.717) is 35.2 Å². The maximum Gasteiger partial charge on any atom is 0.248 e. The Hall–Kier alpha value is -3.74. The predicted octanol–water partition coefficient (Wildman–Crippen LogP) is 3.88. The summed E-state index contributed by atoms with van der Waals surface area (Å²) in [6.07, 6.45) is 4.71. The Morgan fingerprint density at radius 1 is 1.00 bits per heavy atom. The van der Waals surface area contributed by atoms with Crippen molar-refractivity contribution in [2.75, 3.05) is 31.5 Å². The van der Waals surface area contributed by atoms with Gasteiger partial charge in [-0.15, -0.1) is 0 Å². The van der Waals surface area contributed by atoms with Gasteiger partial charge in [0.15, 0.2) is 11.5 Å². The number of hydrogen-bond donors (Lipinski definition) is 2. The average molecular weight is 396 g/mol. The minimum atomic E-state index is -0.324. The maximum absolute atomic E-state index is 12.3. The van der Waals surface area contributed by atoms with Gasteiger partial charge >= 0.3 is 0 Å². The highest BCUT2D eigenvalue weighted by molar-refractivity contribution is 6.02. The number of anilines is 2. The molecular weight excluding hydrogens is 372 g/mol. The van der Waals surface area contributed by atoms with Crippen LogP contribution in [-0.2, 0) is 9.59 Å². The molecule has 0 aliphatic heterocycles. The van der Waals surface area contributed by atoms with E-state index in [1.54, 1.807) is 49.6 Å². The quantitative estimate of drug-likeness (QED) is 0.496. The highest BCUT2D eigenvalue weighted by Crippen LogP contribution is 2.29. The monoisotopic (exact) mass is 396 g/mol. The number of benzene rings is 2. The van der Waals surface area contributed by atoms with Crippen molar-refractivity contribution < 1.29 is 23.8 Å². The third-order valence-corrected chi connectivity index (χ3v) is 3.75. The summed E-state index contributed by atoms with van der Waals surface area (Å²) in [6.45, 7) is 5.38. The lowest BCUT2D eigenvalue weighted by atomic mass is 10.2. The van der Waals surface area contributed by atoms with Gasteiger partial charge in [0.05, 0.1) is 19.9 Å². The van der Waals surface area contributed by atoms with Gasteiger partial charge in [-0.1, -0.05) is 18.7 Å². The van der Waals surface area contributed by atoms with Gasteiger partial charge in [0.2, 0.25) is 11.8 Å². The van der Waals surface area contributed by atoms with E-state index in [1.807, 2.05) is 6.07 Å². The topological polar surface area (TPSA) is 85.9 Å². The summed E-state index contributed by atoms with van der Waals surface area (Å²) in [6, 6.07) is 10.3. The molecule has 0 unspecified atom stereocenters. The number of nitrogens with one attached hydrogen (secondary N) is 2. The van der Waals surface area contributed by atoms with Crippen molar-refractivity contribution in [3.05, 3.63) is 60.7 Å². The van der Waals surface area contributed by atoms with E-state index in [9.17, 15) is 9.59 Å². The molecule has 0 heterocycles. The zero-order valence-electron chi connectivity index (χ0n) is 16.7. The van der Waals surface area contributed by atoms with Crippen LogP contribution in [0.5, 0.6) is 17.2 Å². The summed E-state index contributed by atoms with van der Waals surface area (Å²) in [5.41, 5.74) is 1.77. The number of carbonyl (C=O) groups excluding carboxylic acids is 2. The van der Waals surface area contributed by atoms with Crippen LogP contribution in [-0.4, -0.2) is 32.6 Å². The Morgan fingerprint density at radius 2 is 1.72 bits per heavy atom. The van der Waals surface area contributed by atoms with Crippen molar-refractivity contribution in [1.29, 1.82) is 0 Å². The molecular formula is C22H24N2O5. The average Bonchev–Trinajstić information content (AvgIpc) is 2.70. The van der Waals surface area contributed by atoms with Crippen LogP contribution in [0.1, 0.15) is 12.5 Å². The summed E-state index contributed by atoms with van der Waals surface area (Å²) in [5.74, 6) is 1.10. The smallest absolute Gasteiger partial charge is 0.248 e. The van der Waals surface area contributed by atoms with Gasteiger partial charge in [-0.05, 0) is 42.0 Å². The summed E-state index contributed by atoms with van der Waals surface area (Å²) < 4.78 is 16.0. The molecule has 2 aromatic carbocycles. The molecule has 0 aromatic heterocycles. The number of rotatable bonds is 9. The molecule has 0 bridgehead atoms. The molecule has 7 nitrogen and oxygen atoms in total. The third-order valence-electron chi connectivity index (χ3n) is 3.75. The lowest BCUT2D eigenvalue weighted by Crippen LogP contribution is -2.10. The maximum atomic E-state index is 12.3. The standard InChI is InChI=1S/C22H24N2O5/c1-5-12-29-20-9-6-16(13-21(20)28-4)7-11-22(26)24-17-8-10-19(27-3)18(14-17)23-15(2)25/h5-11,13-14H,1,12H2,2-4H3,(H,23,25)(H,24,26)/b11-7+.